The summed E-state index contributed by atoms with van der Waals surface area (Å²) in [6, 6.07) is 25.4. The molecule has 1 aliphatic rings. The fourth-order valence-corrected chi connectivity index (χ4v) is 8.02. The summed E-state index contributed by atoms with van der Waals surface area (Å²) in [5.74, 6) is -0.477. The van der Waals surface area contributed by atoms with E-state index in [1.165, 1.54) is 48.4 Å². The van der Waals surface area contributed by atoms with Crippen molar-refractivity contribution >= 4 is 62.3 Å². The fourth-order valence-electron chi connectivity index (χ4n) is 5.96. The van der Waals surface area contributed by atoms with Gasteiger partial charge in [0.25, 0.3) is 10.0 Å². The van der Waals surface area contributed by atoms with Gasteiger partial charge in [0.05, 0.1) is 17.7 Å². The number of ether oxygens (including phenoxy) is 1. The molecule has 4 aromatic carbocycles. The van der Waals surface area contributed by atoms with Gasteiger partial charge in [0.15, 0.2) is 0 Å². The molecule has 1 aliphatic carbocycles. The van der Waals surface area contributed by atoms with Gasteiger partial charge in [-0.2, -0.15) is 0 Å². The first-order valence-electron chi connectivity index (χ1n) is 16.1. The minimum atomic E-state index is -4.30. The molecule has 49 heavy (non-hydrogen) atoms. The number of halogens is 3. The number of rotatable bonds is 13. The van der Waals surface area contributed by atoms with Crippen LogP contribution in [0, 0.1) is 0 Å². The van der Waals surface area contributed by atoms with Crippen LogP contribution in [0.5, 0.6) is 5.75 Å². The number of carbonyl (C=O) groups excluding carboxylic acids is 2. The van der Waals surface area contributed by atoms with E-state index in [0.717, 1.165) is 42.0 Å². The Bertz CT molecular complexity index is 1820. The molecule has 1 fully saturated rings. The number of sulfonamides is 1. The molecule has 1 unspecified atom stereocenters. The van der Waals surface area contributed by atoms with Gasteiger partial charge in [-0.05, 0) is 79.1 Å². The summed E-state index contributed by atoms with van der Waals surface area (Å²) in [5, 5.41) is 4.22. The van der Waals surface area contributed by atoms with E-state index in [1.807, 2.05) is 30.3 Å². The molecule has 1 N–H and O–H groups in total. The van der Waals surface area contributed by atoms with Crippen molar-refractivity contribution in [2.24, 2.45) is 0 Å². The summed E-state index contributed by atoms with van der Waals surface area (Å²) in [4.78, 5) is 30.3. The van der Waals surface area contributed by atoms with Gasteiger partial charge >= 0.3 is 0 Å². The van der Waals surface area contributed by atoms with Crippen LogP contribution in [0.15, 0.2) is 102 Å². The maximum Gasteiger partial charge on any atom is 0.264 e. The number of hydrogen-bond donors (Lipinski definition) is 1. The molecule has 0 heterocycles. The lowest BCUT2D eigenvalue weighted by Gasteiger charge is -2.35. The van der Waals surface area contributed by atoms with Crippen LogP contribution in [0.1, 0.15) is 43.2 Å². The quantitative estimate of drug-likeness (QED) is 0.150. The van der Waals surface area contributed by atoms with E-state index >= 15 is 0 Å². The lowest BCUT2D eigenvalue weighted by molar-refractivity contribution is -0.140. The first kappa shape index (κ1) is 36.5. The van der Waals surface area contributed by atoms with Crippen molar-refractivity contribution in [3.8, 4) is 5.75 Å². The average Bonchev–Trinajstić information content (AvgIpc) is 3.11. The van der Waals surface area contributed by atoms with Gasteiger partial charge in [0.1, 0.15) is 18.3 Å². The zero-order valence-corrected chi connectivity index (χ0v) is 30.1. The molecule has 0 saturated heterocycles. The van der Waals surface area contributed by atoms with E-state index < -0.39 is 28.5 Å². The molecule has 4 aromatic rings. The zero-order valence-electron chi connectivity index (χ0n) is 27.0. The first-order chi connectivity index (χ1) is 23.6. The van der Waals surface area contributed by atoms with E-state index in [-0.39, 0.29) is 35.5 Å². The Balaban J connectivity index is 1.58. The summed E-state index contributed by atoms with van der Waals surface area (Å²) in [6.45, 7) is -0.760. The molecule has 5 rings (SSSR count). The Labute approximate surface area is 303 Å². The third-order valence-electron chi connectivity index (χ3n) is 8.65. The van der Waals surface area contributed by atoms with Crippen LogP contribution in [0.2, 0.25) is 15.1 Å². The molecule has 0 bridgehead atoms. The molecule has 1 saturated carbocycles. The summed E-state index contributed by atoms with van der Waals surface area (Å²) >= 11 is 19.4. The van der Waals surface area contributed by atoms with Crippen LogP contribution < -0.4 is 14.4 Å². The highest BCUT2D eigenvalue weighted by Crippen LogP contribution is 2.30. The number of nitrogens with zero attached hydrogens (tertiary/aromatic N) is 2. The largest absolute Gasteiger partial charge is 0.497 e. The highest BCUT2D eigenvalue weighted by Gasteiger charge is 2.36. The molecule has 1 atom stereocenters. The van der Waals surface area contributed by atoms with Crippen LogP contribution in [-0.4, -0.2) is 50.9 Å². The number of anilines is 1. The number of carbonyl (C=O) groups is 2. The normalized spacial score (nSPS) is 14.1. The lowest BCUT2D eigenvalue weighted by Crippen LogP contribution is -2.55. The Kier molecular flexibility index (Phi) is 12.5. The van der Waals surface area contributed by atoms with E-state index in [2.05, 4.69) is 5.32 Å². The highest BCUT2D eigenvalue weighted by atomic mass is 35.5. The van der Waals surface area contributed by atoms with Gasteiger partial charge in [-0.25, -0.2) is 8.42 Å². The van der Waals surface area contributed by atoms with Gasteiger partial charge in [-0.15, -0.1) is 0 Å². The van der Waals surface area contributed by atoms with Crippen molar-refractivity contribution in [1.82, 2.24) is 10.2 Å². The molecule has 0 radical (unpaired) electrons. The summed E-state index contributed by atoms with van der Waals surface area (Å²) in [6.07, 6.45) is 4.99. The van der Waals surface area contributed by atoms with Gasteiger partial charge < -0.3 is 15.0 Å². The van der Waals surface area contributed by atoms with E-state index in [1.54, 1.807) is 30.3 Å². The Hall–Kier alpha value is -3.76. The van der Waals surface area contributed by atoms with Gasteiger partial charge in [-0.1, -0.05) is 90.5 Å². The first-order valence-corrected chi connectivity index (χ1v) is 18.6. The van der Waals surface area contributed by atoms with Crippen molar-refractivity contribution in [2.75, 3.05) is 18.0 Å². The minimum Gasteiger partial charge on any atom is -0.497 e. The molecule has 8 nitrogen and oxygen atoms in total. The molecule has 0 aliphatic heterocycles. The fraction of sp³-hybridized carbons (Fsp3) is 0.297. The number of methoxy groups -OCH3 is 1. The standard InChI is InChI=1S/C37H38Cl3N3O5S/c1-48-30-19-21-31(22-20-30)49(46,47)43(29-17-15-27(38)16-18-29)25-36(44)42(24-32-33(39)13-8-14-34(32)40)35(23-26-9-4-2-5-10-26)37(45)41-28-11-6-3-7-12-28/h2,4-5,8-10,13-22,28,35H,3,6-7,11-12,23-25H2,1H3,(H,41,45). The van der Waals surface area contributed by atoms with Gasteiger partial charge in [0, 0.05) is 39.6 Å². The molecule has 0 aromatic heterocycles. The minimum absolute atomic E-state index is 0.0265. The van der Waals surface area contributed by atoms with Crippen LogP contribution in [0.3, 0.4) is 0 Å². The van der Waals surface area contributed by atoms with Crippen molar-refractivity contribution in [3.63, 3.8) is 0 Å². The molecule has 0 spiro atoms. The second-order valence-electron chi connectivity index (χ2n) is 11.9. The van der Waals surface area contributed by atoms with Crippen molar-refractivity contribution < 1.29 is 22.7 Å². The predicted molar refractivity (Wildman–Crippen MR) is 195 cm³/mol. The maximum absolute atomic E-state index is 14.7. The molecular formula is C37H38Cl3N3O5S. The maximum atomic E-state index is 14.7. The molecular weight excluding hydrogens is 705 g/mol. The van der Waals surface area contributed by atoms with Crippen molar-refractivity contribution in [1.29, 1.82) is 0 Å². The third kappa shape index (κ3) is 9.28. The van der Waals surface area contributed by atoms with Crippen molar-refractivity contribution in [2.45, 2.75) is 62.0 Å². The van der Waals surface area contributed by atoms with Crippen LogP contribution in [0.4, 0.5) is 5.69 Å². The number of nitrogens with one attached hydrogen (secondary N) is 1. The summed E-state index contributed by atoms with van der Waals surface area (Å²) < 4.78 is 34.8. The smallest absolute Gasteiger partial charge is 0.264 e. The predicted octanol–water partition coefficient (Wildman–Crippen LogP) is 7.94. The second-order valence-corrected chi connectivity index (χ2v) is 15.0. The second kappa shape index (κ2) is 16.8. The summed E-state index contributed by atoms with van der Waals surface area (Å²) in [5.41, 5.74) is 1.49. The van der Waals surface area contributed by atoms with Crippen LogP contribution >= 0.6 is 34.8 Å². The number of hydrogen-bond acceptors (Lipinski definition) is 5. The van der Waals surface area contributed by atoms with E-state index in [0.29, 0.717) is 26.4 Å². The monoisotopic (exact) mass is 741 g/mol. The topological polar surface area (TPSA) is 96.0 Å². The van der Waals surface area contributed by atoms with E-state index in [4.69, 9.17) is 39.5 Å². The zero-order chi connectivity index (χ0) is 35.0. The SMILES string of the molecule is COc1ccc(S(=O)(=O)N(CC(=O)N(Cc2c(Cl)cccc2Cl)C(Cc2ccccc2)C(=O)NC2CCCCC2)c2ccc(Cl)cc2)cc1. The van der Waals surface area contributed by atoms with Gasteiger partial charge in [0.2, 0.25) is 11.8 Å². The van der Waals surface area contributed by atoms with Crippen LogP contribution in [0.25, 0.3) is 0 Å². The van der Waals surface area contributed by atoms with Crippen molar-refractivity contribution in [3.05, 3.63) is 123 Å². The lowest BCUT2D eigenvalue weighted by atomic mass is 9.94. The van der Waals surface area contributed by atoms with Crippen LogP contribution in [-0.2, 0) is 32.6 Å². The highest BCUT2D eigenvalue weighted by molar-refractivity contribution is 7.92. The molecule has 12 heteroatoms. The third-order valence-corrected chi connectivity index (χ3v) is 11.4. The average molecular weight is 743 g/mol. The van der Waals surface area contributed by atoms with Gasteiger partial charge in [-0.3, -0.25) is 13.9 Å². The number of benzene rings is 4. The number of amides is 2. The summed E-state index contributed by atoms with van der Waals surface area (Å²) in [7, 11) is -2.82. The van der Waals surface area contributed by atoms with E-state index in [9.17, 15) is 18.0 Å². The molecule has 258 valence electrons. The molecule has 2 amide bonds. The Morgan fingerprint density at radius 2 is 1.47 bits per heavy atom. The Morgan fingerprint density at radius 3 is 2.08 bits per heavy atom. The Morgan fingerprint density at radius 1 is 0.837 bits per heavy atom.